The summed E-state index contributed by atoms with van der Waals surface area (Å²) in [5, 5.41) is 17.1. The van der Waals surface area contributed by atoms with Crippen molar-refractivity contribution in [3.8, 4) is 16.3 Å². The summed E-state index contributed by atoms with van der Waals surface area (Å²) < 4.78 is 13.3. The van der Waals surface area contributed by atoms with Crippen molar-refractivity contribution in [2.75, 3.05) is 5.73 Å². The SMILES string of the molecule is Nc1nnc(-c2c(O)cccc2F)s1. The fraction of sp³-hybridized carbons (Fsp3) is 0. The zero-order valence-corrected chi connectivity index (χ0v) is 7.75. The van der Waals surface area contributed by atoms with Gasteiger partial charge in [-0.3, -0.25) is 0 Å². The Bertz CT molecular complexity index is 451. The summed E-state index contributed by atoms with van der Waals surface area (Å²) in [5.41, 5.74) is 5.40. The van der Waals surface area contributed by atoms with Gasteiger partial charge in [-0.15, -0.1) is 10.2 Å². The Labute approximate surface area is 82.8 Å². The number of anilines is 1. The van der Waals surface area contributed by atoms with Gasteiger partial charge in [0.15, 0.2) is 5.01 Å². The number of aromatic nitrogens is 2. The average Bonchev–Trinajstić information content (AvgIpc) is 2.51. The zero-order valence-electron chi connectivity index (χ0n) is 6.94. The van der Waals surface area contributed by atoms with Gasteiger partial charge in [0.25, 0.3) is 0 Å². The fourth-order valence-electron chi connectivity index (χ4n) is 1.06. The second kappa shape index (κ2) is 3.22. The quantitative estimate of drug-likeness (QED) is 0.752. The minimum absolute atomic E-state index is 0.0432. The number of rotatable bonds is 1. The van der Waals surface area contributed by atoms with Crippen LogP contribution in [0.2, 0.25) is 0 Å². The smallest absolute Gasteiger partial charge is 0.203 e. The summed E-state index contributed by atoms with van der Waals surface area (Å²) in [4.78, 5) is 0. The lowest BCUT2D eigenvalue weighted by Gasteiger charge is -2.00. The summed E-state index contributed by atoms with van der Waals surface area (Å²) >= 11 is 1.02. The third-order valence-electron chi connectivity index (χ3n) is 1.65. The Morgan fingerprint density at radius 3 is 2.71 bits per heavy atom. The average molecular weight is 211 g/mol. The Hall–Kier alpha value is -1.69. The number of benzene rings is 1. The van der Waals surface area contributed by atoms with Crippen LogP contribution in [0.4, 0.5) is 9.52 Å². The molecule has 2 aromatic rings. The molecule has 1 aromatic heterocycles. The van der Waals surface area contributed by atoms with E-state index in [2.05, 4.69) is 10.2 Å². The van der Waals surface area contributed by atoms with Gasteiger partial charge in [-0.2, -0.15) is 0 Å². The number of hydrogen-bond acceptors (Lipinski definition) is 5. The number of nitrogens with two attached hydrogens (primary N) is 1. The predicted octanol–water partition coefficient (Wildman–Crippen LogP) is 1.63. The van der Waals surface area contributed by atoms with Crippen LogP contribution in [0, 0.1) is 5.82 Å². The van der Waals surface area contributed by atoms with Crippen LogP contribution in [-0.4, -0.2) is 15.3 Å². The van der Waals surface area contributed by atoms with Crippen LogP contribution in [0.15, 0.2) is 18.2 Å². The van der Waals surface area contributed by atoms with Gasteiger partial charge < -0.3 is 10.8 Å². The molecule has 72 valence electrons. The highest BCUT2D eigenvalue weighted by Gasteiger charge is 2.14. The van der Waals surface area contributed by atoms with Gasteiger partial charge in [-0.05, 0) is 12.1 Å². The maximum atomic E-state index is 13.3. The molecule has 0 saturated carbocycles. The zero-order chi connectivity index (χ0) is 10.1. The monoisotopic (exact) mass is 211 g/mol. The van der Waals surface area contributed by atoms with Gasteiger partial charge in [-0.25, -0.2) is 4.39 Å². The molecule has 0 radical (unpaired) electrons. The second-order valence-electron chi connectivity index (χ2n) is 2.58. The largest absolute Gasteiger partial charge is 0.507 e. The number of phenols is 1. The first-order valence-electron chi connectivity index (χ1n) is 3.75. The fourth-order valence-corrected chi connectivity index (χ4v) is 1.73. The van der Waals surface area contributed by atoms with Crippen LogP contribution in [0.3, 0.4) is 0 Å². The number of phenolic OH excluding ortho intramolecular Hbond substituents is 1. The predicted molar refractivity (Wildman–Crippen MR) is 51.4 cm³/mol. The maximum absolute atomic E-state index is 13.3. The molecular weight excluding hydrogens is 205 g/mol. The van der Waals surface area contributed by atoms with Gasteiger partial charge in [-0.1, -0.05) is 17.4 Å². The normalized spacial score (nSPS) is 10.4. The third-order valence-corrected chi connectivity index (χ3v) is 2.42. The summed E-state index contributed by atoms with van der Waals surface area (Å²) in [7, 11) is 0. The van der Waals surface area contributed by atoms with E-state index in [1.807, 2.05) is 0 Å². The maximum Gasteiger partial charge on any atom is 0.203 e. The highest BCUT2D eigenvalue weighted by Crippen LogP contribution is 2.33. The van der Waals surface area contributed by atoms with E-state index in [4.69, 9.17) is 5.73 Å². The standard InChI is InChI=1S/C8H6FN3OS/c9-4-2-1-3-5(13)6(4)7-11-12-8(10)14-7/h1-3,13H,(H2,10,12). The van der Waals surface area contributed by atoms with Crippen molar-refractivity contribution < 1.29 is 9.50 Å². The lowest BCUT2D eigenvalue weighted by Crippen LogP contribution is -1.84. The minimum atomic E-state index is -0.541. The first kappa shape index (κ1) is 8.89. The van der Waals surface area contributed by atoms with E-state index in [1.54, 1.807) is 0 Å². The lowest BCUT2D eigenvalue weighted by atomic mass is 10.2. The molecule has 0 atom stereocenters. The van der Waals surface area contributed by atoms with E-state index in [-0.39, 0.29) is 21.5 Å². The Balaban J connectivity index is 2.61. The highest BCUT2D eigenvalue weighted by molar-refractivity contribution is 7.18. The number of aromatic hydroxyl groups is 1. The molecule has 1 heterocycles. The number of nitrogens with zero attached hydrogens (tertiary/aromatic N) is 2. The van der Waals surface area contributed by atoms with Crippen molar-refractivity contribution in [3.63, 3.8) is 0 Å². The van der Waals surface area contributed by atoms with Gasteiger partial charge in [0.05, 0.1) is 5.56 Å². The molecule has 0 aliphatic heterocycles. The van der Waals surface area contributed by atoms with Gasteiger partial charge >= 0.3 is 0 Å². The Morgan fingerprint density at radius 1 is 1.36 bits per heavy atom. The molecule has 2 rings (SSSR count). The lowest BCUT2D eigenvalue weighted by molar-refractivity contribution is 0.472. The van der Waals surface area contributed by atoms with Crippen molar-refractivity contribution in [2.24, 2.45) is 0 Å². The number of nitrogen functional groups attached to an aromatic ring is 1. The molecule has 3 N–H and O–H groups in total. The van der Waals surface area contributed by atoms with E-state index >= 15 is 0 Å². The molecular formula is C8H6FN3OS. The van der Waals surface area contributed by atoms with Crippen LogP contribution < -0.4 is 5.73 Å². The Morgan fingerprint density at radius 2 is 2.14 bits per heavy atom. The van der Waals surface area contributed by atoms with Crippen LogP contribution in [0.25, 0.3) is 10.6 Å². The molecule has 0 unspecified atom stereocenters. The van der Waals surface area contributed by atoms with Crippen molar-refractivity contribution >= 4 is 16.5 Å². The van der Waals surface area contributed by atoms with Crippen LogP contribution >= 0.6 is 11.3 Å². The highest BCUT2D eigenvalue weighted by atomic mass is 32.1. The molecule has 6 heteroatoms. The van der Waals surface area contributed by atoms with Gasteiger partial charge in [0, 0.05) is 0 Å². The van der Waals surface area contributed by atoms with E-state index in [0.29, 0.717) is 0 Å². The Kier molecular flexibility index (Phi) is 2.05. The molecule has 4 nitrogen and oxygen atoms in total. The van der Waals surface area contributed by atoms with Crippen LogP contribution in [0.5, 0.6) is 5.75 Å². The minimum Gasteiger partial charge on any atom is -0.507 e. The summed E-state index contributed by atoms with van der Waals surface area (Å²) in [6, 6.07) is 4.04. The first-order chi connectivity index (χ1) is 6.68. The third kappa shape index (κ3) is 1.39. The van der Waals surface area contributed by atoms with E-state index < -0.39 is 5.82 Å². The van der Waals surface area contributed by atoms with Crippen molar-refractivity contribution in [2.45, 2.75) is 0 Å². The topological polar surface area (TPSA) is 72.0 Å². The molecule has 0 saturated heterocycles. The first-order valence-corrected chi connectivity index (χ1v) is 4.57. The summed E-state index contributed by atoms with van der Waals surface area (Å²) in [6.45, 7) is 0. The van der Waals surface area contributed by atoms with Crippen molar-refractivity contribution in [1.29, 1.82) is 0 Å². The molecule has 0 aliphatic carbocycles. The molecule has 0 bridgehead atoms. The van der Waals surface area contributed by atoms with Crippen molar-refractivity contribution in [1.82, 2.24) is 10.2 Å². The summed E-state index contributed by atoms with van der Waals surface area (Å²) in [5.74, 6) is -0.706. The van der Waals surface area contributed by atoms with Crippen molar-refractivity contribution in [3.05, 3.63) is 24.0 Å². The number of hydrogen-bond donors (Lipinski definition) is 2. The molecule has 1 aromatic carbocycles. The van der Waals surface area contributed by atoms with E-state index in [1.165, 1.54) is 18.2 Å². The molecule has 14 heavy (non-hydrogen) atoms. The van der Waals surface area contributed by atoms with E-state index in [9.17, 15) is 9.50 Å². The molecule has 0 amide bonds. The van der Waals surface area contributed by atoms with Gasteiger partial charge in [0.1, 0.15) is 11.6 Å². The van der Waals surface area contributed by atoms with Crippen LogP contribution in [0.1, 0.15) is 0 Å². The second-order valence-corrected chi connectivity index (χ2v) is 3.59. The molecule has 0 fully saturated rings. The molecule has 0 aliphatic rings. The van der Waals surface area contributed by atoms with Crippen LogP contribution in [-0.2, 0) is 0 Å². The number of halogens is 1. The molecule has 0 spiro atoms. The van der Waals surface area contributed by atoms with Gasteiger partial charge in [0.2, 0.25) is 5.13 Å². The van der Waals surface area contributed by atoms with E-state index in [0.717, 1.165) is 11.3 Å². The summed E-state index contributed by atoms with van der Waals surface area (Å²) in [6.07, 6.45) is 0.